The molecule has 0 bridgehead atoms. The van der Waals surface area contributed by atoms with Crippen molar-refractivity contribution >= 4 is 22.6 Å². The number of benzene rings is 3. The Hall–Kier alpha value is -3.71. The molecule has 2 atom stereocenters. The Kier molecular flexibility index (Phi) is 6.26. The number of aryl methyl sites for hydroxylation is 2. The van der Waals surface area contributed by atoms with Crippen molar-refractivity contribution in [2.45, 2.75) is 38.8 Å². The Bertz CT molecular complexity index is 1380. The second-order valence-electron chi connectivity index (χ2n) is 9.19. The van der Waals surface area contributed by atoms with Crippen LogP contribution in [-0.2, 0) is 11.3 Å². The molecule has 5 rings (SSSR count). The van der Waals surface area contributed by atoms with Gasteiger partial charge in [-0.1, -0.05) is 35.9 Å². The van der Waals surface area contributed by atoms with Crippen molar-refractivity contribution in [3.05, 3.63) is 89.5 Å². The van der Waals surface area contributed by atoms with Gasteiger partial charge in [-0.2, -0.15) is 0 Å². The third kappa shape index (κ3) is 4.77. The predicted molar refractivity (Wildman–Crippen MR) is 133 cm³/mol. The fourth-order valence-electron chi connectivity index (χ4n) is 4.78. The summed E-state index contributed by atoms with van der Waals surface area (Å²) in [5, 5.41) is 10.9. The Morgan fingerprint density at radius 2 is 1.94 bits per heavy atom. The Morgan fingerprint density at radius 3 is 2.74 bits per heavy atom. The summed E-state index contributed by atoms with van der Waals surface area (Å²) in [7, 11) is 0. The van der Waals surface area contributed by atoms with E-state index in [4.69, 9.17) is 9.72 Å². The molecule has 1 amide bonds. The molecule has 6 nitrogen and oxygen atoms in total. The van der Waals surface area contributed by atoms with Crippen LogP contribution < -0.4 is 9.64 Å². The van der Waals surface area contributed by atoms with Gasteiger partial charge in [0.15, 0.2) is 0 Å². The highest BCUT2D eigenvalue weighted by atomic mass is 19.1. The summed E-state index contributed by atoms with van der Waals surface area (Å²) < 4.78 is 21.6. The summed E-state index contributed by atoms with van der Waals surface area (Å²) in [4.78, 5) is 19.3. The third-order valence-corrected chi connectivity index (χ3v) is 6.45. The van der Waals surface area contributed by atoms with Gasteiger partial charge in [-0.25, -0.2) is 9.37 Å². The van der Waals surface area contributed by atoms with Gasteiger partial charge in [0.2, 0.25) is 5.91 Å². The van der Waals surface area contributed by atoms with Gasteiger partial charge in [0.25, 0.3) is 0 Å². The number of carbonyl (C=O) groups is 1. The second-order valence-corrected chi connectivity index (χ2v) is 9.19. The maximum Gasteiger partial charge on any atom is 0.227 e. The number of aliphatic hydroxyl groups excluding tert-OH is 1. The Morgan fingerprint density at radius 1 is 1.11 bits per heavy atom. The maximum atomic E-state index is 13.8. The molecular formula is C28H28FN3O3. The quantitative estimate of drug-likeness (QED) is 0.421. The van der Waals surface area contributed by atoms with Gasteiger partial charge in [0, 0.05) is 24.6 Å². The standard InChI is InChI=1S/C28H28FN3O3/c1-18-10-11-26(19(2)12-18)35-17-23(33)16-32-25-9-4-3-8-24(25)30-28(32)20-13-27(34)31(15-20)22-7-5-6-21(29)14-22/h3-12,14,20,23,33H,13,15-17H2,1-2H3/t20-,23-/m0/s1. The van der Waals surface area contributed by atoms with E-state index in [1.165, 1.54) is 12.1 Å². The highest BCUT2D eigenvalue weighted by Gasteiger charge is 2.35. The molecule has 0 unspecified atom stereocenters. The van der Waals surface area contributed by atoms with Gasteiger partial charge in [0.1, 0.15) is 30.1 Å². The highest BCUT2D eigenvalue weighted by molar-refractivity contribution is 5.96. The minimum absolute atomic E-state index is 0.0714. The fraction of sp³-hybridized carbons (Fsp3) is 0.286. The number of ether oxygens (including phenoxy) is 1. The highest BCUT2D eigenvalue weighted by Crippen LogP contribution is 2.33. The third-order valence-electron chi connectivity index (χ3n) is 6.45. The first kappa shape index (κ1) is 23.1. The molecule has 1 saturated heterocycles. The SMILES string of the molecule is Cc1ccc(OC[C@@H](O)Cn2c([C@H]3CC(=O)N(c4cccc(F)c4)C3)nc3ccccc32)c(C)c1. The molecule has 1 fully saturated rings. The summed E-state index contributed by atoms with van der Waals surface area (Å²) in [6, 6.07) is 19.8. The van der Waals surface area contributed by atoms with Crippen molar-refractivity contribution in [1.82, 2.24) is 9.55 Å². The molecule has 1 aliphatic heterocycles. The van der Waals surface area contributed by atoms with Crippen LogP contribution in [0.4, 0.5) is 10.1 Å². The number of carbonyl (C=O) groups excluding carboxylic acids is 1. The van der Waals surface area contributed by atoms with Crippen LogP contribution >= 0.6 is 0 Å². The zero-order valence-corrected chi connectivity index (χ0v) is 19.8. The molecule has 0 radical (unpaired) electrons. The van der Waals surface area contributed by atoms with Crippen molar-refractivity contribution in [1.29, 1.82) is 0 Å². The maximum absolute atomic E-state index is 13.8. The van der Waals surface area contributed by atoms with E-state index in [-0.39, 0.29) is 37.2 Å². The molecule has 0 spiro atoms. The normalized spacial score (nSPS) is 16.7. The molecule has 2 heterocycles. The first-order valence-corrected chi connectivity index (χ1v) is 11.8. The number of nitrogens with zero attached hydrogens (tertiary/aromatic N) is 3. The molecule has 4 aromatic rings. The van der Waals surface area contributed by atoms with Crippen LogP contribution in [0.3, 0.4) is 0 Å². The molecule has 0 aliphatic carbocycles. The zero-order valence-electron chi connectivity index (χ0n) is 19.8. The lowest BCUT2D eigenvalue weighted by Gasteiger charge is -2.19. The molecule has 1 aliphatic rings. The molecule has 0 saturated carbocycles. The van der Waals surface area contributed by atoms with E-state index in [2.05, 4.69) is 0 Å². The number of aliphatic hydroxyl groups is 1. The lowest BCUT2D eigenvalue weighted by molar-refractivity contribution is -0.117. The van der Waals surface area contributed by atoms with Crippen LogP contribution in [0.1, 0.15) is 29.3 Å². The smallest absolute Gasteiger partial charge is 0.227 e. The fourth-order valence-corrected chi connectivity index (χ4v) is 4.78. The molecule has 1 aromatic heterocycles. The van der Waals surface area contributed by atoms with Crippen molar-refractivity contribution in [2.75, 3.05) is 18.1 Å². The Labute approximate surface area is 203 Å². The number of imidazole rings is 1. The number of aromatic nitrogens is 2. The van der Waals surface area contributed by atoms with E-state index in [9.17, 15) is 14.3 Å². The minimum atomic E-state index is -0.775. The van der Waals surface area contributed by atoms with Crippen molar-refractivity contribution in [3.63, 3.8) is 0 Å². The monoisotopic (exact) mass is 473 g/mol. The molecule has 3 aromatic carbocycles. The summed E-state index contributed by atoms with van der Waals surface area (Å²) in [5.74, 6) is 0.864. The minimum Gasteiger partial charge on any atom is -0.491 e. The van der Waals surface area contributed by atoms with Gasteiger partial charge in [-0.15, -0.1) is 0 Å². The van der Waals surface area contributed by atoms with Gasteiger partial charge in [-0.05, 0) is 55.8 Å². The average Bonchev–Trinajstić information content (AvgIpc) is 3.39. The number of hydrogen-bond donors (Lipinski definition) is 1. The van der Waals surface area contributed by atoms with Crippen molar-refractivity contribution in [2.24, 2.45) is 0 Å². The number of anilines is 1. The molecule has 1 N–H and O–H groups in total. The first-order chi connectivity index (χ1) is 16.9. The van der Waals surface area contributed by atoms with E-state index >= 15 is 0 Å². The average molecular weight is 474 g/mol. The summed E-state index contributed by atoms with van der Waals surface area (Å²) >= 11 is 0. The molecule has 35 heavy (non-hydrogen) atoms. The Balaban J connectivity index is 1.38. The molecular weight excluding hydrogens is 445 g/mol. The van der Waals surface area contributed by atoms with Crippen molar-refractivity contribution < 1.29 is 19.0 Å². The van der Waals surface area contributed by atoms with E-state index < -0.39 is 6.10 Å². The van der Waals surface area contributed by atoms with Crippen LogP contribution in [0, 0.1) is 19.7 Å². The lowest BCUT2D eigenvalue weighted by atomic mass is 10.1. The van der Waals surface area contributed by atoms with Gasteiger partial charge >= 0.3 is 0 Å². The number of amides is 1. The predicted octanol–water partition coefficient (Wildman–Crippen LogP) is 4.75. The lowest BCUT2D eigenvalue weighted by Crippen LogP contribution is -2.26. The number of rotatable bonds is 7. The topological polar surface area (TPSA) is 67.6 Å². The van der Waals surface area contributed by atoms with E-state index in [0.717, 1.165) is 33.7 Å². The molecule has 180 valence electrons. The summed E-state index contributed by atoms with van der Waals surface area (Å²) in [6.45, 7) is 4.83. The molecule has 7 heteroatoms. The second kappa shape index (κ2) is 9.50. The summed E-state index contributed by atoms with van der Waals surface area (Å²) in [6.07, 6.45) is -0.502. The van der Waals surface area contributed by atoms with Crippen LogP contribution in [-0.4, -0.2) is 39.8 Å². The van der Waals surface area contributed by atoms with Crippen LogP contribution in [0.25, 0.3) is 11.0 Å². The zero-order chi connectivity index (χ0) is 24.5. The van der Waals surface area contributed by atoms with Crippen molar-refractivity contribution in [3.8, 4) is 5.75 Å². The number of para-hydroxylation sites is 2. The number of halogens is 1. The number of hydrogen-bond acceptors (Lipinski definition) is 4. The van der Waals surface area contributed by atoms with Crippen LogP contribution in [0.5, 0.6) is 5.75 Å². The van der Waals surface area contributed by atoms with Crippen LogP contribution in [0.2, 0.25) is 0 Å². The van der Waals surface area contributed by atoms with Gasteiger partial charge in [-0.3, -0.25) is 4.79 Å². The van der Waals surface area contributed by atoms with Gasteiger partial charge < -0.3 is 19.3 Å². The van der Waals surface area contributed by atoms with E-state index in [1.807, 2.05) is 60.9 Å². The van der Waals surface area contributed by atoms with Crippen LogP contribution in [0.15, 0.2) is 66.7 Å². The van der Waals surface area contributed by atoms with Gasteiger partial charge in [0.05, 0.1) is 17.6 Å². The number of fused-ring (bicyclic) bond motifs is 1. The van der Waals surface area contributed by atoms with E-state index in [0.29, 0.717) is 12.2 Å². The largest absolute Gasteiger partial charge is 0.491 e. The first-order valence-electron chi connectivity index (χ1n) is 11.8. The summed E-state index contributed by atoms with van der Waals surface area (Å²) in [5.41, 5.74) is 4.42. The van der Waals surface area contributed by atoms with E-state index in [1.54, 1.807) is 17.0 Å².